The lowest BCUT2D eigenvalue weighted by Gasteiger charge is -2.24. The second-order valence-electron chi connectivity index (χ2n) is 8.62. The Balaban J connectivity index is 1.56. The van der Waals surface area contributed by atoms with Gasteiger partial charge in [-0.3, -0.25) is 10.2 Å². The number of aliphatic imine (C=N–C) groups is 1. The standard InChI is InChI=1S/C27H27ClN6O4/c28-22-7-3-5-19(15-22)17-30-33-26(36)27(16-21-6-1-2-8-24(21)32-34-29)18-38-25(31-27)20-9-11-23(12-10-20)37-14-4-13-35/h1-3,5-12,15,30,35H,4,13-14,16-18H2,(H,33,36)/t27-/m0/s1. The molecule has 1 atom stereocenters. The summed E-state index contributed by atoms with van der Waals surface area (Å²) in [5, 5.41) is 13.3. The van der Waals surface area contributed by atoms with E-state index in [1.165, 1.54) is 0 Å². The van der Waals surface area contributed by atoms with Gasteiger partial charge in [0.1, 0.15) is 12.4 Å². The zero-order valence-corrected chi connectivity index (χ0v) is 21.3. The largest absolute Gasteiger partial charge is 0.494 e. The average molecular weight is 535 g/mol. The van der Waals surface area contributed by atoms with Gasteiger partial charge in [-0.25, -0.2) is 10.4 Å². The monoisotopic (exact) mass is 534 g/mol. The van der Waals surface area contributed by atoms with Crippen molar-refractivity contribution in [3.63, 3.8) is 0 Å². The Labute approximate surface area is 224 Å². The molecule has 3 aromatic rings. The Morgan fingerprint density at radius 3 is 2.76 bits per heavy atom. The molecule has 38 heavy (non-hydrogen) atoms. The smallest absolute Gasteiger partial charge is 0.266 e. The molecule has 3 N–H and O–H groups in total. The fourth-order valence-electron chi connectivity index (χ4n) is 3.94. The first-order chi connectivity index (χ1) is 18.5. The van der Waals surface area contributed by atoms with E-state index in [4.69, 9.17) is 36.7 Å². The third kappa shape index (κ3) is 6.81. The summed E-state index contributed by atoms with van der Waals surface area (Å²) in [5.74, 6) is 0.575. The maximum atomic E-state index is 13.5. The number of nitrogens with one attached hydrogen (secondary N) is 2. The van der Waals surface area contributed by atoms with E-state index >= 15 is 0 Å². The Bertz CT molecular complexity index is 1340. The van der Waals surface area contributed by atoms with E-state index in [1.54, 1.807) is 54.6 Å². The average Bonchev–Trinajstić information content (AvgIpc) is 3.36. The molecule has 1 amide bonds. The SMILES string of the molecule is [N-]=[N+]=Nc1ccccc1C[C@@]1(C(=O)NNCc2cccc(Cl)c2)COC(c2ccc(OCCCO)cc2)=N1. The summed E-state index contributed by atoms with van der Waals surface area (Å²) in [6.45, 7) is 0.812. The first kappa shape index (κ1) is 27.0. The first-order valence-corrected chi connectivity index (χ1v) is 12.4. The van der Waals surface area contributed by atoms with Crippen molar-refractivity contribution < 1.29 is 19.4 Å². The maximum absolute atomic E-state index is 13.5. The molecule has 1 aliphatic heterocycles. The minimum Gasteiger partial charge on any atom is -0.494 e. The summed E-state index contributed by atoms with van der Waals surface area (Å²) in [6, 6.07) is 21.5. The quantitative estimate of drug-likeness (QED) is 0.102. The molecule has 0 bridgehead atoms. The Morgan fingerprint density at radius 1 is 1.18 bits per heavy atom. The predicted molar refractivity (Wildman–Crippen MR) is 144 cm³/mol. The minimum atomic E-state index is -1.31. The van der Waals surface area contributed by atoms with E-state index in [2.05, 4.69) is 20.9 Å². The molecule has 0 aliphatic carbocycles. The maximum Gasteiger partial charge on any atom is 0.266 e. The number of hydrazine groups is 1. The Kier molecular flexibility index (Phi) is 9.18. The number of carbonyl (C=O) groups is 1. The third-order valence-corrected chi connectivity index (χ3v) is 6.10. The molecule has 0 spiro atoms. The van der Waals surface area contributed by atoms with Gasteiger partial charge >= 0.3 is 0 Å². The number of aliphatic hydroxyl groups excluding tert-OH is 1. The fraction of sp³-hybridized carbons (Fsp3) is 0.259. The number of carbonyl (C=O) groups excluding carboxylic acids is 1. The van der Waals surface area contributed by atoms with Crippen LogP contribution in [0, 0.1) is 0 Å². The van der Waals surface area contributed by atoms with Crippen molar-refractivity contribution in [2.75, 3.05) is 19.8 Å². The van der Waals surface area contributed by atoms with Crippen LogP contribution in [0.25, 0.3) is 10.4 Å². The van der Waals surface area contributed by atoms with Gasteiger partial charge < -0.3 is 14.6 Å². The number of aliphatic hydroxyl groups is 1. The molecule has 3 aromatic carbocycles. The molecule has 0 unspecified atom stereocenters. The predicted octanol–water partition coefficient (Wildman–Crippen LogP) is 4.62. The lowest BCUT2D eigenvalue weighted by molar-refractivity contribution is -0.127. The molecular weight excluding hydrogens is 508 g/mol. The van der Waals surface area contributed by atoms with Crippen LogP contribution in [0.2, 0.25) is 5.02 Å². The molecule has 4 rings (SSSR count). The van der Waals surface area contributed by atoms with Crippen LogP contribution in [-0.2, 0) is 22.5 Å². The summed E-state index contributed by atoms with van der Waals surface area (Å²) in [6.07, 6.45) is 0.691. The Morgan fingerprint density at radius 2 is 2.00 bits per heavy atom. The van der Waals surface area contributed by atoms with E-state index < -0.39 is 11.4 Å². The molecule has 0 fully saturated rings. The van der Waals surface area contributed by atoms with Gasteiger partial charge in [0.2, 0.25) is 5.90 Å². The van der Waals surface area contributed by atoms with Crippen molar-refractivity contribution in [1.29, 1.82) is 0 Å². The summed E-state index contributed by atoms with van der Waals surface area (Å²) in [5.41, 5.74) is 16.0. The van der Waals surface area contributed by atoms with Gasteiger partial charge in [0.15, 0.2) is 5.54 Å². The van der Waals surface area contributed by atoms with E-state index in [0.29, 0.717) is 53.1 Å². The fourth-order valence-corrected chi connectivity index (χ4v) is 4.15. The molecule has 0 radical (unpaired) electrons. The zero-order chi connectivity index (χ0) is 26.8. The number of azide groups is 1. The van der Waals surface area contributed by atoms with Gasteiger partial charge in [-0.15, -0.1) is 0 Å². The number of hydrogen-bond acceptors (Lipinski definition) is 7. The summed E-state index contributed by atoms with van der Waals surface area (Å²) >= 11 is 6.06. The van der Waals surface area contributed by atoms with Crippen molar-refractivity contribution in [2.45, 2.75) is 24.9 Å². The van der Waals surface area contributed by atoms with E-state index in [0.717, 1.165) is 5.56 Å². The normalized spacial score (nSPS) is 16.2. The van der Waals surface area contributed by atoms with Crippen LogP contribution in [0.3, 0.4) is 0 Å². The second kappa shape index (κ2) is 12.9. The van der Waals surface area contributed by atoms with Gasteiger partial charge in [0.25, 0.3) is 5.91 Å². The van der Waals surface area contributed by atoms with Crippen LogP contribution in [0.5, 0.6) is 5.75 Å². The van der Waals surface area contributed by atoms with Gasteiger partial charge in [-0.2, -0.15) is 0 Å². The van der Waals surface area contributed by atoms with Gasteiger partial charge in [0, 0.05) is 47.2 Å². The summed E-state index contributed by atoms with van der Waals surface area (Å²) < 4.78 is 11.5. The van der Waals surface area contributed by atoms with Crippen LogP contribution in [0.15, 0.2) is 82.9 Å². The summed E-state index contributed by atoms with van der Waals surface area (Å²) in [4.78, 5) is 21.2. The Hall–Kier alpha value is -4.08. The van der Waals surface area contributed by atoms with E-state index in [9.17, 15) is 4.79 Å². The van der Waals surface area contributed by atoms with Gasteiger partial charge in [-0.05, 0) is 53.1 Å². The highest BCUT2D eigenvalue weighted by Crippen LogP contribution is 2.31. The number of nitrogens with zero attached hydrogens (tertiary/aromatic N) is 4. The number of halogens is 1. The van der Waals surface area contributed by atoms with E-state index in [-0.39, 0.29) is 19.6 Å². The number of ether oxygens (including phenoxy) is 2. The molecule has 1 heterocycles. The third-order valence-electron chi connectivity index (χ3n) is 5.87. The molecule has 0 saturated carbocycles. The lowest BCUT2D eigenvalue weighted by Crippen LogP contribution is -2.52. The van der Waals surface area contributed by atoms with Crippen molar-refractivity contribution in [1.82, 2.24) is 10.9 Å². The topological polar surface area (TPSA) is 141 Å². The van der Waals surface area contributed by atoms with Crippen molar-refractivity contribution in [3.8, 4) is 5.75 Å². The van der Waals surface area contributed by atoms with Crippen molar-refractivity contribution in [2.24, 2.45) is 10.1 Å². The minimum absolute atomic E-state index is 0.00757. The molecule has 0 saturated heterocycles. The van der Waals surface area contributed by atoms with Crippen LogP contribution in [0.1, 0.15) is 23.1 Å². The zero-order valence-electron chi connectivity index (χ0n) is 20.5. The molecule has 0 aromatic heterocycles. The van der Waals surface area contributed by atoms with Gasteiger partial charge in [-0.1, -0.05) is 53.1 Å². The molecule has 196 valence electrons. The first-order valence-electron chi connectivity index (χ1n) is 12.0. The van der Waals surface area contributed by atoms with Crippen LogP contribution >= 0.6 is 11.6 Å². The highest BCUT2D eigenvalue weighted by molar-refractivity contribution is 6.30. The van der Waals surface area contributed by atoms with Crippen molar-refractivity contribution in [3.05, 3.63) is 105 Å². The second-order valence-corrected chi connectivity index (χ2v) is 9.06. The number of benzene rings is 3. The molecule has 11 heteroatoms. The highest BCUT2D eigenvalue weighted by Gasteiger charge is 2.45. The number of rotatable bonds is 12. The van der Waals surface area contributed by atoms with Crippen molar-refractivity contribution >= 4 is 29.1 Å². The number of amides is 1. The molecular formula is C27H27ClN6O4. The van der Waals surface area contributed by atoms with Crippen LogP contribution in [-0.4, -0.2) is 42.3 Å². The highest BCUT2D eigenvalue weighted by atomic mass is 35.5. The lowest BCUT2D eigenvalue weighted by atomic mass is 9.91. The number of hydrogen-bond donors (Lipinski definition) is 3. The van der Waals surface area contributed by atoms with E-state index in [1.807, 2.05) is 18.2 Å². The summed E-state index contributed by atoms with van der Waals surface area (Å²) in [7, 11) is 0. The molecule has 10 nitrogen and oxygen atoms in total. The molecule has 1 aliphatic rings. The van der Waals surface area contributed by atoms with Crippen LogP contribution < -0.4 is 15.6 Å². The van der Waals surface area contributed by atoms with Crippen LogP contribution in [0.4, 0.5) is 5.69 Å². The van der Waals surface area contributed by atoms with Gasteiger partial charge in [0.05, 0.1) is 6.61 Å².